The summed E-state index contributed by atoms with van der Waals surface area (Å²) < 4.78 is 20.6. The zero-order chi connectivity index (χ0) is 21.0. The van der Waals surface area contributed by atoms with Crippen LogP contribution in [0.5, 0.6) is 0 Å². The first kappa shape index (κ1) is 20.8. The minimum Gasteiger partial charge on any atom is -0.466 e. The van der Waals surface area contributed by atoms with Crippen molar-refractivity contribution in [3.05, 3.63) is 66.1 Å². The summed E-state index contributed by atoms with van der Waals surface area (Å²) in [6, 6.07) is 14.6. The number of carbonyl (C=O) groups is 1. The van der Waals surface area contributed by atoms with Crippen LogP contribution in [0, 0.1) is 5.82 Å². The molecule has 0 aliphatic heterocycles. The van der Waals surface area contributed by atoms with E-state index in [9.17, 15) is 14.3 Å². The van der Waals surface area contributed by atoms with Gasteiger partial charge in [0.05, 0.1) is 19.1 Å². The molecule has 1 aromatic heterocycles. The maximum atomic E-state index is 13.5. The van der Waals surface area contributed by atoms with Gasteiger partial charge in [-0.2, -0.15) is 0 Å². The number of hydrogen-bond acceptors (Lipinski definition) is 3. The molecule has 4 nitrogen and oxygen atoms in total. The Morgan fingerprint density at radius 3 is 2.52 bits per heavy atom. The lowest BCUT2D eigenvalue weighted by molar-refractivity contribution is -0.144. The van der Waals surface area contributed by atoms with E-state index in [-0.39, 0.29) is 24.9 Å². The molecule has 1 atom stereocenters. The van der Waals surface area contributed by atoms with Gasteiger partial charge in [0.2, 0.25) is 0 Å². The van der Waals surface area contributed by atoms with E-state index in [1.54, 1.807) is 25.1 Å². The molecule has 1 heterocycles. The predicted octanol–water partition coefficient (Wildman–Crippen LogP) is 5.36. The van der Waals surface area contributed by atoms with Crippen LogP contribution in [0.1, 0.15) is 38.9 Å². The number of fused-ring (bicyclic) bond motifs is 1. The Kier molecular flexibility index (Phi) is 6.49. The number of nitrogens with zero attached hydrogens (tertiary/aromatic N) is 1. The summed E-state index contributed by atoms with van der Waals surface area (Å²) in [6.45, 7) is 6.20. The van der Waals surface area contributed by atoms with Crippen LogP contribution in [0.3, 0.4) is 0 Å². The van der Waals surface area contributed by atoms with Crippen LogP contribution in [0.15, 0.2) is 54.6 Å². The zero-order valence-corrected chi connectivity index (χ0v) is 16.9. The number of benzene rings is 2. The fourth-order valence-electron chi connectivity index (χ4n) is 3.58. The van der Waals surface area contributed by atoms with Crippen molar-refractivity contribution < 1.29 is 19.0 Å². The summed E-state index contributed by atoms with van der Waals surface area (Å²) in [4.78, 5) is 11.6. The monoisotopic (exact) mass is 395 g/mol. The second kappa shape index (κ2) is 9.05. The van der Waals surface area contributed by atoms with Gasteiger partial charge in [0.1, 0.15) is 5.82 Å². The Bertz CT molecular complexity index is 1020. The predicted molar refractivity (Wildman–Crippen MR) is 114 cm³/mol. The standard InChI is InChI=1S/C24H26FNO3/c1-4-29-23(28)15-19(27)13-14-22-24(17-9-11-18(25)12-10-17)20-7-5-6-8-21(20)26(22)16(2)3/h5-14,16,19,27H,4,15H2,1-3H3/b14-13+. The molecule has 0 aliphatic rings. The molecule has 1 N–H and O–H groups in total. The van der Waals surface area contributed by atoms with Gasteiger partial charge >= 0.3 is 5.97 Å². The second-order valence-electron chi connectivity index (χ2n) is 7.18. The molecule has 0 saturated heterocycles. The van der Waals surface area contributed by atoms with Crippen LogP contribution in [-0.4, -0.2) is 28.4 Å². The number of hydrogen-bond donors (Lipinski definition) is 1. The molecule has 0 fully saturated rings. The number of ether oxygens (including phenoxy) is 1. The molecule has 29 heavy (non-hydrogen) atoms. The third-order valence-electron chi connectivity index (χ3n) is 4.76. The van der Waals surface area contributed by atoms with Crippen molar-refractivity contribution >= 4 is 22.9 Å². The van der Waals surface area contributed by atoms with E-state index in [0.29, 0.717) is 0 Å². The third-order valence-corrected chi connectivity index (χ3v) is 4.76. The Hall–Kier alpha value is -2.92. The minimum atomic E-state index is -0.950. The van der Waals surface area contributed by atoms with Crippen molar-refractivity contribution in [3.63, 3.8) is 0 Å². The van der Waals surface area contributed by atoms with Gasteiger partial charge in [-0.05, 0) is 50.6 Å². The number of aliphatic hydroxyl groups is 1. The van der Waals surface area contributed by atoms with Crippen LogP contribution in [0.4, 0.5) is 4.39 Å². The quantitative estimate of drug-likeness (QED) is 0.548. The summed E-state index contributed by atoms with van der Waals surface area (Å²) in [5.41, 5.74) is 3.81. The number of para-hydroxylation sites is 1. The molecule has 0 amide bonds. The average Bonchev–Trinajstić information content (AvgIpc) is 3.01. The van der Waals surface area contributed by atoms with E-state index in [0.717, 1.165) is 27.7 Å². The number of esters is 1. The zero-order valence-electron chi connectivity index (χ0n) is 16.9. The van der Waals surface area contributed by atoms with Gasteiger partial charge in [-0.3, -0.25) is 4.79 Å². The molecular formula is C24H26FNO3. The molecule has 0 saturated carbocycles. The maximum Gasteiger partial charge on any atom is 0.308 e. The molecule has 3 aromatic rings. The van der Waals surface area contributed by atoms with E-state index in [1.165, 1.54) is 12.1 Å². The van der Waals surface area contributed by atoms with E-state index < -0.39 is 12.1 Å². The van der Waals surface area contributed by atoms with E-state index >= 15 is 0 Å². The molecule has 0 spiro atoms. The molecule has 3 rings (SSSR count). The summed E-state index contributed by atoms with van der Waals surface area (Å²) in [5.74, 6) is -0.726. The van der Waals surface area contributed by atoms with Crippen LogP contribution in [0.25, 0.3) is 28.1 Å². The highest BCUT2D eigenvalue weighted by Gasteiger charge is 2.19. The first-order valence-electron chi connectivity index (χ1n) is 9.83. The SMILES string of the molecule is CCOC(=O)CC(O)/C=C/c1c(-c2ccc(F)cc2)c2ccccc2n1C(C)C. The molecule has 5 heteroatoms. The molecule has 2 aromatic carbocycles. The normalized spacial score (nSPS) is 12.8. The topological polar surface area (TPSA) is 51.5 Å². The van der Waals surface area contributed by atoms with Gasteiger partial charge in [0.25, 0.3) is 0 Å². The lowest BCUT2D eigenvalue weighted by Gasteiger charge is -2.14. The summed E-state index contributed by atoms with van der Waals surface area (Å²) in [5, 5.41) is 11.3. The molecule has 0 radical (unpaired) electrons. The maximum absolute atomic E-state index is 13.5. The fraction of sp³-hybridized carbons (Fsp3) is 0.292. The molecule has 0 bridgehead atoms. The lowest BCUT2D eigenvalue weighted by atomic mass is 10.0. The molecular weight excluding hydrogens is 369 g/mol. The smallest absolute Gasteiger partial charge is 0.308 e. The highest BCUT2D eigenvalue weighted by Crippen LogP contribution is 2.37. The number of aliphatic hydroxyl groups excluding tert-OH is 1. The Morgan fingerprint density at radius 2 is 1.86 bits per heavy atom. The summed E-state index contributed by atoms with van der Waals surface area (Å²) in [6.07, 6.45) is 2.39. The van der Waals surface area contributed by atoms with Crippen LogP contribution in [-0.2, 0) is 9.53 Å². The van der Waals surface area contributed by atoms with Crippen LogP contribution >= 0.6 is 0 Å². The number of aromatic nitrogens is 1. The summed E-state index contributed by atoms with van der Waals surface area (Å²) in [7, 11) is 0. The van der Waals surface area contributed by atoms with Crippen molar-refractivity contribution in [2.45, 2.75) is 39.3 Å². The van der Waals surface area contributed by atoms with Crippen LogP contribution in [0.2, 0.25) is 0 Å². The Labute approximate surface area is 170 Å². The Morgan fingerprint density at radius 1 is 1.17 bits per heavy atom. The Balaban J connectivity index is 2.12. The third kappa shape index (κ3) is 4.57. The largest absolute Gasteiger partial charge is 0.466 e. The molecule has 152 valence electrons. The lowest BCUT2D eigenvalue weighted by Crippen LogP contribution is -2.13. The van der Waals surface area contributed by atoms with Crippen molar-refractivity contribution in [1.82, 2.24) is 4.57 Å². The van der Waals surface area contributed by atoms with Gasteiger partial charge in [-0.15, -0.1) is 0 Å². The second-order valence-corrected chi connectivity index (χ2v) is 7.18. The first-order chi connectivity index (χ1) is 13.9. The van der Waals surface area contributed by atoms with Gasteiger partial charge in [-0.1, -0.05) is 36.4 Å². The van der Waals surface area contributed by atoms with Crippen LogP contribution < -0.4 is 0 Å². The molecule has 0 aliphatic carbocycles. The van der Waals surface area contributed by atoms with E-state index in [4.69, 9.17) is 4.74 Å². The molecule has 1 unspecified atom stereocenters. The first-order valence-corrected chi connectivity index (χ1v) is 9.83. The van der Waals surface area contributed by atoms with Gasteiger partial charge in [0.15, 0.2) is 0 Å². The number of rotatable bonds is 7. The van der Waals surface area contributed by atoms with E-state index in [1.807, 2.05) is 24.3 Å². The highest BCUT2D eigenvalue weighted by atomic mass is 19.1. The van der Waals surface area contributed by atoms with Crippen molar-refractivity contribution in [2.24, 2.45) is 0 Å². The van der Waals surface area contributed by atoms with Gasteiger partial charge in [0, 0.05) is 28.2 Å². The number of halogens is 1. The van der Waals surface area contributed by atoms with Gasteiger partial charge in [-0.25, -0.2) is 4.39 Å². The average molecular weight is 395 g/mol. The van der Waals surface area contributed by atoms with Crippen molar-refractivity contribution in [1.29, 1.82) is 0 Å². The van der Waals surface area contributed by atoms with Gasteiger partial charge < -0.3 is 14.4 Å². The van der Waals surface area contributed by atoms with E-state index in [2.05, 4.69) is 24.5 Å². The van der Waals surface area contributed by atoms with Crippen molar-refractivity contribution in [3.8, 4) is 11.1 Å². The fourth-order valence-corrected chi connectivity index (χ4v) is 3.58. The number of carbonyl (C=O) groups excluding carboxylic acids is 1. The van der Waals surface area contributed by atoms with Crippen molar-refractivity contribution in [2.75, 3.05) is 6.61 Å². The minimum absolute atomic E-state index is 0.0991. The summed E-state index contributed by atoms with van der Waals surface area (Å²) >= 11 is 0. The highest BCUT2D eigenvalue weighted by molar-refractivity contribution is 6.01.